The number of fused-ring (bicyclic) bond motifs is 6. The molecule has 6 atom stereocenters. The van der Waals surface area contributed by atoms with Gasteiger partial charge in [0.1, 0.15) is 23.0 Å². The standard InChI is InChI=1S/C42H35ClN4O6S2/c1-20-28-15-23(43)6-11-33(28)55-37(20)31-17-34(45(3)44-31)47-39(50)30-16-29-26(8-9-27-35(29)40(51)46(38(27)49)18-25-5-4-12-54-25)36(42(30,2)41(47)52)22-13-21-14-24(48)7-10-32(21)53-19-22/h4-8,10-12,14-15,17,19,27,29-30,35-36,48H,9,13,16,18H2,1-3H3. The summed E-state index contributed by atoms with van der Waals surface area (Å²) in [6, 6.07) is 16.3. The van der Waals surface area contributed by atoms with Crippen LogP contribution in [0.5, 0.6) is 11.5 Å². The number of anilines is 1. The number of thiophene rings is 2. The van der Waals surface area contributed by atoms with Gasteiger partial charge >= 0.3 is 0 Å². The molecule has 6 heterocycles. The third-order valence-electron chi connectivity index (χ3n) is 12.6. The second-order valence-corrected chi connectivity index (χ2v) is 18.0. The van der Waals surface area contributed by atoms with E-state index in [1.165, 1.54) is 21.1 Å². The number of benzene rings is 2. The van der Waals surface area contributed by atoms with Crippen molar-refractivity contribution in [2.45, 2.75) is 39.7 Å². The Bertz CT molecular complexity index is 2590. The molecule has 5 aromatic rings. The summed E-state index contributed by atoms with van der Waals surface area (Å²) in [6.45, 7) is 4.10. The molecule has 2 aliphatic carbocycles. The Hall–Kier alpha value is -5.04. The zero-order valence-electron chi connectivity index (χ0n) is 30.1. The minimum absolute atomic E-state index is 0.0945. The van der Waals surface area contributed by atoms with Crippen molar-refractivity contribution in [3.63, 3.8) is 0 Å². The maximum absolute atomic E-state index is 15.2. The number of ether oxygens (including phenoxy) is 1. The molecule has 1 saturated carbocycles. The van der Waals surface area contributed by atoms with Crippen molar-refractivity contribution in [3.8, 4) is 22.1 Å². The van der Waals surface area contributed by atoms with Gasteiger partial charge in [-0.3, -0.25) is 28.8 Å². The maximum Gasteiger partial charge on any atom is 0.242 e. The Balaban J connectivity index is 1.07. The molecule has 3 aromatic heterocycles. The van der Waals surface area contributed by atoms with Gasteiger partial charge < -0.3 is 9.84 Å². The van der Waals surface area contributed by atoms with Crippen LogP contribution in [0, 0.1) is 41.9 Å². The number of phenolic OH excluding ortho intramolecular Hbond substituents is 1. The van der Waals surface area contributed by atoms with E-state index >= 15 is 4.79 Å². The predicted molar refractivity (Wildman–Crippen MR) is 210 cm³/mol. The smallest absolute Gasteiger partial charge is 0.242 e. The number of likely N-dealkylation sites (tertiary alicyclic amines) is 1. The number of amides is 4. The Morgan fingerprint density at radius 3 is 2.67 bits per heavy atom. The van der Waals surface area contributed by atoms with Crippen LogP contribution in [-0.4, -0.2) is 43.4 Å². The van der Waals surface area contributed by atoms with Gasteiger partial charge in [0.25, 0.3) is 0 Å². The molecular formula is C42H35ClN4O6S2. The molecule has 5 aliphatic rings. The van der Waals surface area contributed by atoms with Gasteiger partial charge in [-0.15, -0.1) is 22.7 Å². The first-order valence-electron chi connectivity index (χ1n) is 18.3. The predicted octanol–water partition coefficient (Wildman–Crippen LogP) is 7.81. The monoisotopic (exact) mass is 790 g/mol. The molecule has 0 bridgehead atoms. The van der Waals surface area contributed by atoms with E-state index in [0.29, 0.717) is 35.1 Å². The number of rotatable bonds is 5. The molecule has 6 unspecified atom stereocenters. The van der Waals surface area contributed by atoms with Gasteiger partial charge in [0.05, 0.1) is 40.9 Å². The molecule has 2 aromatic carbocycles. The lowest BCUT2D eigenvalue weighted by molar-refractivity contribution is -0.141. The zero-order valence-corrected chi connectivity index (χ0v) is 32.5. The molecule has 10 rings (SSSR count). The number of imide groups is 2. The van der Waals surface area contributed by atoms with Crippen molar-refractivity contribution in [2.75, 3.05) is 4.90 Å². The fourth-order valence-electron chi connectivity index (χ4n) is 10.1. The molecule has 55 heavy (non-hydrogen) atoms. The van der Waals surface area contributed by atoms with Crippen LogP contribution in [0.4, 0.5) is 5.82 Å². The van der Waals surface area contributed by atoms with E-state index in [0.717, 1.165) is 42.1 Å². The highest BCUT2D eigenvalue weighted by Crippen LogP contribution is 2.63. The molecule has 10 nitrogen and oxygen atoms in total. The molecule has 4 amide bonds. The molecule has 1 N–H and O–H groups in total. The highest BCUT2D eigenvalue weighted by Gasteiger charge is 2.68. The number of phenols is 1. The summed E-state index contributed by atoms with van der Waals surface area (Å²) in [5.41, 5.74) is 2.84. The molecule has 0 spiro atoms. The van der Waals surface area contributed by atoms with Crippen molar-refractivity contribution in [1.29, 1.82) is 0 Å². The summed E-state index contributed by atoms with van der Waals surface area (Å²) >= 11 is 9.41. The van der Waals surface area contributed by atoms with E-state index in [9.17, 15) is 19.5 Å². The van der Waals surface area contributed by atoms with Gasteiger partial charge in [-0.2, -0.15) is 5.10 Å². The summed E-state index contributed by atoms with van der Waals surface area (Å²) in [5.74, 6) is -3.08. The van der Waals surface area contributed by atoms with Gasteiger partial charge in [0.2, 0.25) is 23.6 Å². The zero-order chi connectivity index (χ0) is 38.1. The van der Waals surface area contributed by atoms with Gasteiger partial charge in [-0.05, 0) is 97.0 Å². The van der Waals surface area contributed by atoms with Gasteiger partial charge in [0.15, 0.2) is 0 Å². The molecule has 278 valence electrons. The Morgan fingerprint density at radius 2 is 1.87 bits per heavy atom. The Kier molecular flexibility index (Phi) is 7.66. The van der Waals surface area contributed by atoms with E-state index in [-0.39, 0.29) is 42.3 Å². The van der Waals surface area contributed by atoms with E-state index in [1.807, 2.05) is 49.6 Å². The lowest BCUT2D eigenvalue weighted by atomic mass is 9.51. The number of hydrogen-bond acceptors (Lipinski definition) is 9. The van der Waals surface area contributed by atoms with Crippen molar-refractivity contribution < 1.29 is 29.0 Å². The number of aromatic nitrogens is 2. The van der Waals surface area contributed by atoms with Crippen LogP contribution in [0.1, 0.15) is 35.8 Å². The maximum atomic E-state index is 15.2. The van der Waals surface area contributed by atoms with Crippen molar-refractivity contribution in [1.82, 2.24) is 14.7 Å². The first kappa shape index (κ1) is 34.5. The van der Waals surface area contributed by atoms with Crippen LogP contribution in [0.25, 0.3) is 20.7 Å². The van der Waals surface area contributed by atoms with E-state index < -0.39 is 35.0 Å². The van der Waals surface area contributed by atoms with Crippen molar-refractivity contribution in [2.24, 2.45) is 42.1 Å². The third kappa shape index (κ3) is 4.93. The topological polar surface area (TPSA) is 122 Å². The highest BCUT2D eigenvalue weighted by molar-refractivity contribution is 7.22. The van der Waals surface area contributed by atoms with Crippen LogP contribution in [0.3, 0.4) is 0 Å². The van der Waals surface area contributed by atoms with E-state index in [1.54, 1.807) is 53.6 Å². The largest absolute Gasteiger partial charge is 0.508 e. The van der Waals surface area contributed by atoms with Gasteiger partial charge in [-0.25, -0.2) is 4.90 Å². The highest BCUT2D eigenvalue weighted by atomic mass is 35.5. The fraction of sp³-hybridized carbons (Fsp3) is 0.310. The average Bonchev–Trinajstić information content (AvgIpc) is 3.97. The number of allylic oxidation sites excluding steroid dienone is 3. The Labute approximate surface area is 329 Å². The number of hydrogen-bond donors (Lipinski definition) is 1. The average molecular weight is 791 g/mol. The minimum atomic E-state index is -1.24. The third-order valence-corrected chi connectivity index (χ3v) is 15.0. The van der Waals surface area contributed by atoms with Crippen LogP contribution in [0.15, 0.2) is 83.5 Å². The molecule has 0 radical (unpaired) electrons. The van der Waals surface area contributed by atoms with Crippen LogP contribution in [-0.2, 0) is 39.2 Å². The quantitative estimate of drug-likeness (QED) is 0.142. The number of carbonyl (C=O) groups excluding carboxylic acids is 4. The summed E-state index contributed by atoms with van der Waals surface area (Å²) in [5, 5.41) is 18.8. The second kappa shape index (κ2) is 12.2. The molecule has 2 saturated heterocycles. The first-order valence-corrected chi connectivity index (χ1v) is 20.4. The number of halogens is 1. The fourth-order valence-corrected chi connectivity index (χ4v) is 12.1. The summed E-state index contributed by atoms with van der Waals surface area (Å²) in [7, 11) is 1.74. The molecular weight excluding hydrogens is 756 g/mol. The van der Waals surface area contributed by atoms with E-state index in [4.69, 9.17) is 21.4 Å². The van der Waals surface area contributed by atoms with Gasteiger partial charge in [-0.1, -0.05) is 29.3 Å². The summed E-state index contributed by atoms with van der Waals surface area (Å²) in [6.07, 6.45) is 4.71. The van der Waals surface area contributed by atoms with E-state index in [2.05, 4.69) is 6.08 Å². The van der Waals surface area contributed by atoms with Crippen LogP contribution < -0.4 is 9.64 Å². The van der Waals surface area contributed by atoms with Gasteiger partial charge in [0, 0.05) is 45.6 Å². The normalized spacial score (nSPS) is 27.2. The Morgan fingerprint density at radius 1 is 1.04 bits per heavy atom. The molecule has 13 heteroatoms. The second-order valence-electron chi connectivity index (χ2n) is 15.5. The number of nitrogens with zero attached hydrogens (tertiary/aromatic N) is 4. The number of carbonyl (C=O) groups is 4. The number of aromatic hydroxyl groups is 1. The lowest BCUT2D eigenvalue weighted by Crippen LogP contribution is -2.51. The summed E-state index contributed by atoms with van der Waals surface area (Å²) in [4.78, 5) is 62.9. The first-order chi connectivity index (χ1) is 26.4. The molecule has 3 fully saturated rings. The van der Waals surface area contributed by atoms with Crippen LogP contribution in [0.2, 0.25) is 5.02 Å². The minimum Gasteiger partial charge on any atom is -0.508 e. The number of aryl methyl sites for hydroxylation is 2. The van der Waals surface area contributed by atoms with Crippen LogP contribution >= 0.6 is 34.3 Å². The SMILES string of the molecule is Cc1c(-c2cc(N3C(=O)C4CC5C(=CCC6C(=O)N(Cc7cccs7)C(=O)C65)C(C5=COc6ccc(O)cc6C5)C4(C)C3=O)n(C)n2)sc2ccc(Cl)cc12. The lowest BCUT2D eigenvalue weighted by Gasteiger charge is -2.49. The summed E-state index contributed by atoms with van der Waals surface area (Å²) < 4.78 is 8.79. The van der Waals surface area contributed by atoms with Crippen molar-refractivity contribution >= 4 is 73.8 Å². The van der Waals surface area contributed by atoms with Crippen molar-refractivity contribution in [3.05, 3.63) is 104 Å². The molecule has 3 aliphatic heterocycles.